The summed E-state index contributed by atoms with van der Waals surface area (Å²) in [6.45, 7) is 1.28. The molecule has 2 atom stereocenters. The van der Waals surface area contributed by atoms with Crippen LogP contribution in [0.3, 0.4) is 0 Å². The predicted molar refractivity (Wildman–Crippen MR) is 35.1 cm³/mol. The van der Waals surface area contributed by atoms with Gasteiger partial charge in [0, 0.05) is 6.54 Å². The zero-order chi connectivity index (χ0) is 8.15. The van der Waals surface area contributed by atoms with Crippen LogP contribution in [-0.2, 0) is 9.53 Å². The Morgan fingerprint density at radius 1 is 1.80 bits per heavy atom. The zero-order valence-corrected chi connectivity index (χ0v) is 6.13. The van der Waals surface area contributed by atoms with Crippen LogP contribution in [0.15, 0.2) is 0 Å². The van der Waals surface area contributed by atoms with Crippen molar-refractivity contribution in [3.8, 4) is 0 Å². The van der Waals surface area contributed by atoms with Crippen molar-refractivity contribution in [3.05, 3.63) is 0 Å². The molecule has 2 N–H and O–H groups in total. The number of carbonyl (C=O) groups excluding carboxylic acids is 1. The first-order valence-electron chi connectivity index (χ1n) is 3.05. The third-order valence-corrected chi connectivity index (χ3v) is 1.31. The van der Waals surface area contributed by atoms with E-state index >= 15 is 0 Å². The Labute approximate surface area is 59.3 Å². The van der Waals surface area contributed by atoms with Crippen molar-refractivity contribution in [2.45, 2.75) is 13.1 Å². The molecule has 0 aromatic heterocycles. The summed E-state index contributed by atoms with van der Waals surface area (Å²) in [4.78, 5) is 10.6. The van der Waals surface area contributed by atoms with Gasteiger partial charge in [-0.3, -0.25) is 4.79 Å². The molecule has 0 spiro atoms. The Morgan fingerprint density at radius 3 is 2.40 bits per heavy atom. The highest BCUT2D eigenvalue weighted by Crippen LogP contribution is 2.06. The fourth-order valence-corrected chi connectivity index (χ4v) is 0.623. The standard InChI is InChI=1S/C6H12FNO2/c1-4(7)5(3-8)6(9)10-2/h4-5H,3,8H2,1-2H3. The van der Waals surface area contributed by atoms with Gasteiger partial charge in [0.05, 0.1) is 13.0 Å². The zero-order valence-electron chi connectivity index (χ0n) is 6.13. The number of alkyl halides is 1. The average Bonchev–Trinajstić information content (AvgIpc) is 1.88. The van der Waals surface area contributed by atoms with Crippen LogP contribution in [0.2, 0.25) is 0 Å². The molecule has 3 nitrogen and oxygen atoms in total. The molecule has 10 heavy (non-hydrogen) atoms. The number of hydrogen-bond donors (Lipinski definition) is 1. The molecule has 0 amide bonds. The van der Waals surface area contributed by atoms with E-state index in [0.717, 1.165) is 0 Å². The van der Waals surface area contributed by atoms with Crippen LogP contribution in [0, 0.1) is 5.92 Å². The molecular weight excluding hydrogens is 137 g/mol. The van der Waals surface area contributed by atoms with E-state index in [1.807, 2.05) is 0 Å². The Balaban J connectivity index is 3.93. The molecule has 0 bridgehead atoms. The van der Waals surface area contributed by atoms with Crippen LogP contribution < -0.4 is 5.73 Å². The molecule has 60 valence electrons. The monoisotopic (exact) mass is 149 g/mol. The number of esters is 1. The summed E-state index contributed by atoms with van der Waals surface area (Å²) in [6.07, 6.45) is -1.24. The number of methoxy groups -OCH3 is 1. The molecule has 4 heteroatoms. The number of ether oxygens (including phenoxy) is 1. The van der Waals surface area contributed by atoms with Gasteiger partial charge in [0.2, 0.25) is 0 Å². The normalized spacial score (nSPS) is 16.0. The molecule has 0 aliphatic carbocycles. The first kappa shape index (κ1) is 9.36. The summed E-state index contributed by atoms with van der Waals surface area (Å²) >= 11 is 0. The van der Waals surface area contributed by atoms with Gasteiger partial charge in [-0.2, -0.15) is 0 Å². The van der Waals surface area contributed by atoms with Crippen LogP contribution >= 0.6 is 0 Å². The summed E-state index contributed by atoms with van der Waals surface area (Å²) in [5.74, 6) is -1.40. The summed E-state index contributed by atoms with van der Waals surface area (Å²) in [6, 6.07) is 0. The number of hydrogen-bond acceptors (Lipinski definition) is 3. The summed E-state index contributed by atoms with van der Waals surface area (Å²) in [5.41, 5.74) is 5.11. The van der Waals surface area contributed by atoms with Gasteiger partial charge in [-0.1, -0.05) is 0 Å². The number of carbonyl (C=O) groups is 1. The topological polar surface area (TPSA) is 52.3 Å². The van der Waals surface area contributed by atoms with Crippen molar-refractivity contribution in [2.75, 3.05) is 13.7 Å². The maximum Gasteiger partial charge on any atom is 0.312 e. The second-order valence-electron chi connectivity index (χ2n) is 2.04. The van der Waals surface area contributed by atoms with Crippen molar-refractivity contribution >= 4 is 5.97 Å². The Morgan fingerprint density at radius 2 is 2.30 bits per heavy atom. The third kappa shape index (κ3) is 2.31. The van der Waals surface area contributed by atoms with E-state index < -0.39 is 18.1 Å². The minimum Gasteiger partial charge on any atom is -0.469 e. The van der Waals surface area contributed by atoms with Crippen LogP contribution in [0.5, 0.6) is 0 Å². The van der Waals surface area contributed by atoms with Gasteiger partial charge < -0.3 is 10.5 Å². The fraction of sp³-hybridized carbons (Fsp3) is 0.833. The lowest BCUT2D eigenvalue weighted by atomic mass is 10.1. The van der Waals surface area contributed by atoms with Crippen molar-refractivity contribution in [1.29, 1.82) is 0 Å². The lowest BCUT2D eigenvalue weighted by Gasteiger charge is -2.12. The average molecular weight is 149 g/mol. The SMILES string of the molecule is COC(=O)C(CN)C(C)F. The molecule has 0 radical (unpaired) electrons. The minimum absolute atomic E-state index is 0.00958. The van der Waals surface area contributed by atoms with Gasteiger partial charge in [0.25, 0.3) is 0 Å². The van der Waals surface area contributed by atoms with Crippen molar-refractivity contribution in [2.24, 2.45) is 11.7 Å². The molecular formula is C6H12FNO2. The lowest BCUT2D eigenvalue weighted by molar-refractivity contribution is -0.147. The lowest BCUT2D eigenvalue weighted by Crippen LogP contribution is -2.31. The van der Waals surface area contributed by atoms with Gasteiger partial charge in [-0.25, -0.2) is 4.39 Å². The second kappa shape index (κ2) is 4.22. The fourth-order valence-electron chi connectivity index (χ4n) is 0.623. The van der Waals surface area contributed by atoms with Crippen molar-refractivity contribution in [3.63, 3.8) is 0 Å². The second-order valence-corrected chi connectivity index (χ2v) is 2.04. The van der Waals surface area contributed by atoms with E-state index in [4.69, 9.17) is 5.73 Å². The van der Waals surface area contributed by atoms with Crippen LogP contribution in [0.4, 0.5) is 4.39 Å². The van der Waals surface area contributed by atoms with E-state index in [1.165, 1.54) is 14.0 Å². The predicted octanol–water partition coefficient (Wildman–Crippen LogP) is 0.0923. The van der Waals surface area contributed by atoms with Crippen LogP contribution in [0.1, 0.15) is 6.92 Å². The molecule has 0 aliphatic rings. The van der Waals surface area contributed by atoms with Crippen molar-refractivity contribution in [1.82, 2.24) is 0 Å². The largest absolute Gasteiger partial charge is 0.469 e. The Hall–Kier alpha value is -0.640. The van der Waals surface area contributed by atoms with Crippen molar-refractivity contribution < 1.29 is 13.9 Å². The summed E-state index contributed by atoms with van der Waals surface area (Å²) in [5, 5.41) is 0. The third-order valence-electron chi connectivity index (χ3n) is 1.31. The maximum absolute atomic E-state index is 12.4. The number of halogens is 1. The molecule has 0 fully saturated rings. The molecule has 0 aromatic carbocycles. The van der Waals surface area contributed by atoms with Gasteiger partial charge in [-0.05, 0) is 6.92 Å². The molecule has 0 saturated carbocycles. The molecule has 2 unspecified atom stereocenters. The highest BCUT2D eigenvalue weighted by atomic mass is 19.1. The van der Waals surface area contributed by atoms with E-state index in [2.05, 4.69) is 4.74 Å². The molecule has 0 aromatic rings. The molecule has 0 aliphatic heterocycles. The quantitative estimate of drug-likeness (QED) is 0.579. The highest BCUT2D eigenvalue weighted by molar-refractivity contribution is 5.73. The first-order chi connectivity index (χ1) is 4.63. The molecule has 0 rings (SSSR count). The number of nitrogens with two attached hydrogens (primary N) is 1. The molecule has 0 saturated heterocycles. The van der Waals surface area contributed by atoms with E-state index in [9.17, 15) is 9.18 Å². The van der Waals surface area contributed by atoms with Crippen LogP contribution in [-0.4, -0.2) is 25.8 Å². The van der Waals surface area contributed by atoms with Crippen LogP contribution in [0.25, 0.3) is 0 Å². The molecule has 0 heterocycles. The van der Waals surface area contributed by atoms with E-state index in [1.54, 1.807) is 0 Å². The first-order valence-corrected chi connectivity index (χ1v) is 3.05. The summed E-state index contributed by atoms with van der Waals surface area (Å²) in [7, 11) is 1.22. The Bertz CT molecular complexity index is 116. The smallest absolute Gasteiger partial charge is 0.312 e. The number of rotatable bonds is 3. The Kier molecular flexibility index (Phi) is 3.95. The highest BCUT2D eigenvalue weighted by Gasteiger charge is 2.23. The van der Waals surface area contributed by atoms with Gasteiger partial charge in [0.1, 0.15) is 6.17 Å². The summed E-state index contributed by atoms with van der Waals surface area (Å²) < 4.78 is 16.7. The van der Waals surface area contributed by atoms with Gasteiger partial charge >= 0.3 is 5.97 Å². The van der Waals surface area contributed by atoms with Gasteiger partial charge in [0.15, 0.2) is 0 Å². The minimum atomic E-state index is -1.24. The maximum atomic E-state index is 12.4. The van der Waals surface area contributed by atoms with E-state index in [-0.39, 0.29) is 6.54 Å². The van der Waals surface area contributed by atoms with Gasteiger partial charge in [-0.15, -0.1) is 0 Å². The van der Waals surface area contributed by atoms with E-state index in [0.29, 0.717) is 0 Å².